The van der Waals surface area contributed by atoms with Crippen molar-refractivity contribution in [3.8, 4) is 5.75 Å². The first kappa shape index (κ1) is 23.2. The van der Waals surface area contributed by atoms with Gasteiger partial charge in [0.25, 0.3) is 0 Å². The number of piperazine rings is 1. The third-order valence-electron chi connectivity index (χ3n) is 5.47. The smallest absolute Gasteiger partial charge is 0.243 e. The normalized spacial score (nSPS) is 15.6. The highest BCUT2D eigenvalue weighted by atomic mass is 32.2. The van der Waals surface area contributed by atoms with Crippen LogP contribution in [0.2, 0.25) is 0 Å². The number of amides is 1. The summed E-state index contributed by atoms with van der Waals surface area (Å²) >= 11 is 0. The van der Waals surface area contributed by atoms with Gasteiger partial charge in [0.15, 0.2) is 0 Å². The van der Waals surface area contributed by atoms with Crippen LogP contribution < -0.4 is 10.1 Å². The lowest BCUT2D eigenvalue weighted by molar-refractivity contribution is -0.116. The van der Waals surface area contributed by atoms with Crippen LogP contribution in [0.15, 0.2) is 47.4 Å². The van der Waals surface area contributed by atoms with Crippen molar-refractivity contribution in [1.29, 1.82) is 0 Å². The first-order valence-electron chi connectivity index (χ1n) is 10.6. The molecule has 0 saturated carbocycles. The fourth-order valence-electron chi connectivity index (χ4n) is 3.58. The van der Waals surface area contributed by atoms with Crippen molar-refractivity contribution in [1.82, 2.24) is 9.21 Å². The fraction of sp³-hybridized carbons (Fsp3) is 0.435. The molecular weight excluding hydrogens is 414 g/mol. The Bertz CT molecular complexity index is 998. The number of aryl methyl sites for hydroxylation is 2. The van der Waals surface area contributed by atoms with Crippen molar-refractivity contribution in [2.75, 3.05) is 44.6 Å². The number of benzene rings is 2. The van der Waals surface area contributed by atoms with Gasteiger partial charge < -0.3 is 15.0 Å². The summed E-state index contributed by atoms with van der Waals surface area (Å²) in [5.74, 6) is 0.587. The number of sulfonamides is 1. The molecule has 1 amide bonds. The molecule has 1 fully saturated rings. The molecule has 0 aliphatic carbocycles. The highest BCUT2D eigenvalue weighted by Gasteiger charge is 2.27. The number of rotatable bonds is 8. The average molecular weight is 446 g/mol. The van der Waals surface area contributed by atoms with E-state index in [1.165, 1.54) is 4.31 Å². The van der Waals surface area contributed by atoms with Crippen LogP contribution in [0.1, 0.15) is 24.5 Å². The summed E-state index contributed by atoms with van der Waals surface area (Å²) in [5.41, 5.74) is 2.76. The highest BCUT2D eigenvalue weighted by molar-refractivity contribution is 7.89. The first-order chi connectivity index (χ1) is 14.8. The first-order valence-corrected chi connectivity index (χ1v) is 12.1. The minimum Gasteiger partial charge on any atom is -0.493 e. The van der Waals surface area contributed by atoms with E-state index in [1.807, 2.05) is 32.0 Å². The van der Waals surface area contributed by atoms with Gasteiger partial charge in [-0.1, -0.05) is 24.6 Å². The molecule has 1 aliphatic heterocycles. The van der Waals surface area contributed by atoms with Crippen LogP contribution in [0.3, 0.4) is 0 Å². The lowest BCUT2D eigenvalue weighted by Crippen LogP contribution is -2.48. The maximum atomic E-state index is 12.8. The zero-order valence-corrected chi connectivity index (χ0v) is 19.2. The molecule has 0 radical (unpaired) electrons. The summed E-state index contributed by atoms with van der Waals surface area (Å²) in [4.78, 5) is 14.7. The molecule has 31 heavy (non-hydrogen) atoms. The van der Waals surface area contributed by atoms with Crippen LogP contribution in [0, 0.1) is 13.8 Å². The second-order valence-electron chi connectivity index (χ2n) is 7.78. The molecule has 0 unspecified atom stereocenters. The van der Waals surface area contributed by atoms with E-state index in [4.69, 9.17) is 4.74 Å². The zero-order chi connectivity index (χ0) is 22.4. The van der Waals surface area contributed by atoms with Crippen LogP contribution in [0.5, 0.6) is 5.75 Å². The van der Waals surface area contributed by atoms with Gasteiger partial charge in [-0.2, -0.15) is 4.31 Å². The van der Waals surface area contributed by atoms with Crippen LogP contribution in [-0.2, 0) is 14.8 Å². The Morgan fingerprint density at radius 1 is 1.03 bits per heavy atom. The lowest BCUT2D eigenvalue weighted by Gasteiger charge is -2.33. The third-order valence-corrected chi connectivity index (χ3v) is 7.38. The molecule has 1 aliphatic rings. The molecule has 3 rings (SSSR count). The predicted octanol–water partition coefficient (Wildman–Crippen LogP) is 3.04. The van der Waals surface area contributed by atoms with E-state index >= 15 is 0 Å². The monoisotopic (exact) mass is 445 g/mol. The average Bonchev–Trinajstić information content (AvgIpc) is 2.75. The Morgan fingerprint density at radius 2 is 1.71 bits per heavy atom. The molecule has 168 valence electrons. The standard InChI is InChI=1S/C23H31N3O4S/c1-4-25-12-14-26(15-13-25)31(28,29)21-8-6-20(7-9-21)24-23(27)11-16-30-22-10-5-18(2)17-19(22)3/h5-10,17H,4,11-16H2,1-3H3,(H,24,27). The third kappa shape index (κ3) is 6.06. The van der Waals surface area contributed by atoms with E-state index in [-0.39, 0.29) is 23.8 Å². The molecule has 0 atom stereocenters. The Labute approximate surface area is 185 Å². The van der Waals surface area contributed by atoms with Crippen molar-refractivity contribution in [2.45, 2.75) is 32.1 Å². The predicted molar refractivity (Wildman–Crippen MR) is 122 cm³/mol. The SMILES string of the molecule is CCN1CCN(S(=O)(=O)c2ccc(NC(=O)CCOc3ccc(C)cc3C)cc2)CC1. The van der Waals surface area contributed by atoms with E-state index in [9.17, 15) is 13.2 Å². The summed E-state index contributed by atoms with van der Waals surface area (Å²) in [6.45, 7) is 9.75. The topological polar surface area (TPSA) is 79.0 Å². The van der Waals surface area contributed by atoms with Crippen LogP contribution in [0.4, 0.5) is 5.69 Å². The van der Waals surface area contributed by atoms with E-state index in [2.05, 4.69) is 17.1 Å². The number of carbonyl (C=O) groups is 1. The van der Waals surface area contributed by atoms with Gasteiger partial charge in [0.05, 0.1) is 17.9 Å². The van der Waals surface area contributed by atoms with Crippen molar-refractivity contribution >= 4 is 21.6 Å². The van der Waals surface area contributed by atoms with Gasteiger partial charge in [0.2, 0.25) is 15.9 Å². The van der Waals surface area contributed by atoms with Gasteiger partial charge in [-0.05, 0) is 56.3 Å². The van der Waals surface area contributed by atoms with Crippen molar-refractivity contribution in [3.05, 3.63) is 53.6 Å². The van der Waals surface area contributed by atoms with Crippen LogP contribution in [-0.4, -0.2) is 62.9 Å². The molecule has 0 aromatic heterocycles. The summed E-state index contributed by atoms with van der Waals surface area (Å²) in [7, 11) is -3.52. The molecule has 0 bridgehead atoms. The fourth-order valence-corrected chi connectivity index (χ4v) is 5.01. The van der Waals surface area contributed by atoms with Gasteiger partial charge in [-0.15, -0.1) is 0 Å². The van der Waals surface area contributed by atoms with Crippen molar-refractivity contribution in [2.24, 2.45) is 0 Å². The molecule has 1 heterocycles. The largest absolute Gasteiger partial charge is 0.493 e. The molecule has 7 nitrogen and oxygen atoms in total. The summed E-state index contributed by atoms with van der Waals surface area (Å²) in [6.07, 6.45) is 0.203. The maximum absolute atomic E-state index is 12.8. The Morgan fingerprint density at radius 3 is 2.32 bits per heavy atom. The van der Waals surface area contributed by atoms with E-state index in [1.54, 1.807) is 24.3 Å². The molecule has 2 aromatic rings. The van der Waals surface area contributed by atoms with Gasteiger partial charge in [-0.3, -0.25) is 4.79 Å². The second kappa shape index (κ2) is 10.3. The highest BCUT2D eigenvalue weighted by Crippen LogP contribution is 2.21. The van der Waals surface area contributed by atoms with Gasteiger partial charge >= 0.3 is 0 Å². The van der Waals surface area contributed by atoms with Gasteiger partial charge in [0, 0.05) is 31.9 Å². The number of anilines is 1. The molecule has 8 heteroatoms. The van der Waals surface area contributed by atoms with Crippen LogP contribution >= 0.6 is 0 Å². The number of ether oxygens (including phenoxy) is 1. The second-order valence-corrected chi connectivity index (χ2v) is 9.72. The zero-order valence-electron chi connectivity index (χ0n) is 18.4. The quantitative estimate of drug-likeness (QED) is 0.676. The number of nitrogens with one attached hydrogen (secondary N) is 1. The summed E-state index contributed by atoms with van der Waals surface area (Å²) < 4.78 is 32.9. The van der Waals surface area contributed by atoms with E-state index < -0.39 is 10.0 Å². The summed E-state index contributed by atoms with van der Waals surface area (Å²) in [6, 6.07) is 12.3. The van der Waals surface area contributed by atoms with Crippen molar-refractivity contribution < 1.29 is 17.9 Å². The molecule has 2 aromatic carbocycles. The Kier molecular flexibility index (Phi) is 7.69. The Balaban J connectivity index is 1.51. The van der Waals surface area contributed by atoms with E-state index in [0.717, 1.165) is 36.5 Å². The van der Waals surface area contributed by atoms with Gasteiger partial charge in [-0.25, -0.2) is 8.42 Å². The van der Waals surface area contributed by atoms with Crippen LogP contribution in [0.25, 0.3) is 0 Å². The number of hydrogen-bond acceptors (Lipinski definition) is 5. The molecular formula is C23H31N3O4S. The number of nitrogens with zero attached hydrogens (tertiary/aromatic N) is 2. The maximum Gasteiger partial charge on any atom is 0.243 e. The van der Waals surface area contributed by atoms with Gasteiger partial charge in [0.1, 0.15) is 5.75 Å². The van der Waals surface area contributed by atoms with E-state index in [0.29, 0.717) is 18.8 Å². The minimum atomic E-state index is -3.52. The minimum absolute atomic E-state index is 0.184. The van der Waals surface area contributed by atoms with Crippen molar-refractivity contribution in [3.63, 3.8) is 0 Å². The molecule has 1 saturated heterocycles. The Hall–Kier alpha value is -2.42. The summed E-state index contributed by atoms with van der Waals surface area (Å²) in [5, 5.41) is 2.79. The number of likely N-dealkylation sites (N-methyl/N-ethyl adjacent to an activating group) is 1. The number of hydrogen-bond donors (Lipinski definition) is 1. The number of carbonyl (C=O) groups excluding carboxylic acids is 1. The molecule has 1 N–H and O–H groups in total. The lowest BCUT2D eigenvalue weighted by atomic mass is 10.1. The molecule has 0 spiro atoms.